The van der Waals surface area contributed by atoms with E-state index < -0.39 is 0 Å². The summed E-state index contributed by atoms with van der Waals surface area (Å²) in [5, 5.41) is 7.66. The van der Waals surface area contributed by atoms with Gasteiger partial charge in [-0.05, 0) is 63.7 Å². The lowest BCUT2D eigenvalue weighted by Gasteiger charge is -2.21. The highest BCUT2D eigenvalue weighted by molar-refractivity contribution is 6.34. The van der Waals surface area contributed by atoms with E-state index in [1.54, 1.807) is 0 Å². The molecule has 0 aliphatic heterocycles. The maximum absolute atomic E-state index is 2.47. The first-order chi connectivity index (χ1) is 20.3. The Morgan fingerprint density at radius 2 is 1.00 bits per heavy atom. The maximum atomic E-state index is 2.47. The molecule has 0 atom stereocenters. The first-order valence-corrected chi connectivity index (χ1v) is 14.1. The summed E-state index contributed by atoms with van der Waals surface area (Å²) in [6.07, 6.45) is 0. The lowest BCUT2D eigenvalue weighted by atomic mass is 9.96. The summed E-state index contributed by atoms with van der Waals surface area (Å²) in [5.74, 6) is 0. The molecule has 0 fully saturated rings. The molecule has 0 amide bonds. The van der Waals surface area contributed by atoms with E-state index in [1.165, 1.54) is 65.9 Å². The standard InChI is InChI=1S/C39H28N2/c1-40(29-15-6-3-7-16-29)35-21-12-22-36-38(35)37-33-19-10-8-17-31(33)32-18-9-11-20-34(32)39(37)41(36)30-25-23-28(24-26-30)27-13-4-2-5-14-27/h2-26H,1H3. The van der Waals surface area contributed by atoms with E-state index in [4.69, 9.17) is 0 Å². The first kappa shape index (κ1) is 23.5. The van der Waals surface area contributed by atoms with Gasteiger partial charge in [-0.2, -0.15) is 0 Å². The predicted molar refractivity (Wildman–Crippen MR) is 176 cm³/mol. The summed E-state index contributed by atoms with van der Waals surface area (Å²) in [5.41, 5.74) is 8.41. The highest BCUT2D eigenvalue weighted by atomic mass is 15.1. The smallest absolute Gasteiger partial charge is 0.0626 e. The molecule has 2 nitrogen and oxygen atoms in total. The van der Waals surface area contributed by atoms with E-state index in [0.29, 0.717) is 0 Å². The van der Waals surface area contributed by atoms with Crippen molar-refractivity contribution in [3.63, 3.8) is 0 Å². The van der Waals surface area contributed by atoms with Crippen LogP contribution in [-0.4, -0.2) is 11.6 Å². The Hall–Kier alpha value is -5.34. The molecule has 0 aliphatic carbocycles. The largest absolute Gasteiger partial charge is 0.344 e. The summed E-state index contributed by atoms with van der Waals surface area (Å²) in [4.78, 5) is 2.31. The third-order valence-corrected chi connectivity index (χ3v) is 8.38. The van der Waals surface area contributed by atoms with Crippen LogP contribution in [0.2, 0.25) is 0 Å². The molecule has 0 unspecified atom stereocenters. The van der Waals surface area contributed by atoms with Gasteiger partial charge in [0.15, 0.2) is 0 Å². The number of hydrogen-bond acceptors (Lipinski definition) is 1. The van der Waals surface area contributed by atoms with E-state index in [1.807, 2.05) is 0 Å². The number of nitrogens with zero attached hydrogens (tertiary/aromatic N) is 2. The average molecular weight is 525 g/mol. The number of hydrogen-bond donors (Lipinski definition) is 0. The Balaban J connectivity index is 1.52. The molecule has 41 heavy (non-hydrogen) atoms. The van der Waals surface area contributed by atoms with Crippen molar-refractivity contribution >= 4 is 54.7 Å². The van der Waals surface area contributed by atoms with Crippen molar-refractivity contribution in [2.24, 2.45) is 0 Å². The molecule has 8 aromatic rings. The highest BCUT2D eigenvalue weighted by Gasteiger charge is 2.22. The fourth-order valence-corrected chi connectivity index (χ4v) is 6.47. The van der Waals surface area contributed by atoms with Crippen LogP contribution in [0.25, 0.3) is 60.2 Å². The van der Waals surface area contributed by atoms with Crippen molar-refractivity contribution in [3.8, 4) is 16.8 Å². The van der Waals surface area contributed by atoms with Crippen LogP contribution in [0.15, 0.2) is 152 Å². The van der Waals surface area contributed by atoms with Crippen molar-refractivity contribution in [1.29, 1.82) is 0 Å². The molecule has 0 saturated heterocycles. The molecule has 1 aromatic heterocycles. The fourth-order valence-electron chi connectivity index (χ4n) is 6.47. The molecule has 8 rings (SSSR count). The van der Waals surface area contributed by atoms with Crippen LogP contribution in [0.5, 0.6) is 0 Å². The summed E-state index contributed by atoms with van der Waals surface area (Å²) in [6, 6.07) is 54.6. The first-order valence-electron chi connectivity index (χ1n) is 14.1. The molecule has 0 saturated carbocycles. The lowest BCUT2D eigenvalue weighted by molar-refractivity contribution is 1.18. The Labute approximate surface area is 239 Å². The van der Waals surface area contributed by atoms with E-state index in [9.17, 15) is 0 Å². The molecule has 1 heterocycles. The van der Waals surface area contributed by atoms with Crippen LogP contribution in [0.1, 0.15) is 0 Å². The molecule has 0 N–H and O–H groups in total. The van der Waals surface area contributed by atoms with Gasteiger partial charge < -0.3 is 9.47 Å². The number of aromatic nitrogens is 1. The summed E-state index contributed by atoms with van der Waals surface area (Å²) in [6.45, 7) is 0. The Bertz CT molecular complexity index is 2190. The van der Waals surface area contributed by atoms with Gasteiger partial charge in [0.25, 0.3) is 0 Å². The van der Waals surface area contributed by atoms with Gasteiger partial charge in [-0.3, -0.25) is 0 Å². The Morgan fingerprint density at radius 1 is 0.439 bits per heavy atom. The van der Waals surface area contributed by atoms with E-state index in [2.05, 4.69) is 168 Å². The highest BCUT2D eigenvalue weighted by Crippen LogP contribution is 2.46. The van der Waals surface area contributed by atoms with Crippen molar-refractivity contribution in [2.45, 2.75) is 0 Å². The van der Waals surface area contributed by atoms with E-state index in [0.717, 1.165) is 5.69 Å². The second kappa shape index (κ2) is 9.39. The SMILES string of the molecule is CN(c1ccccc1)c1cccc2c1c1c3ccccc3c3ccccc3c1n2-c1ccc(-c2ccccc2)cc1. The third kappa shape index (κ3) is 3.65. The zero-order valence-electron chi connectivity index (χ0n) is 22.8. The fraction of sp³-hybridized carbons (Fsp3) is 0.0256. The summed E-state index contributed by atoms with van der Waals surface area (Å²) in [7, 11) is 2.17. The number of para-hydroxylation sites is 1. The minimum absolute atomic E-state index is 1.16. The van der Waals surface area contributed by atoms with Gasteiger partial charge in [0.2, 0.25) is 0 Å². The molecule has 0 bridgehead atoms. The van der Waals surface area contributed by atoms with Crippen molar-refractivity contribution in [3.05, 3.63) is 152 Å². The van der Waals surface area contributed by atoms with Crippen LogP contribution in [-0.2, 0) is 0 Å². The van der Waals surface area contributed by atoms with Gasteiger partial charge >= 0.3 is 0 Å². The van der Waals surface area contributed by atoms with Crippen LogP contribution in [0.4, 0.5) is 11.4 Å². The maximum Gasteiger partial charge on any atom is 0.0626 e. The topological polar surface area (TPSA) is 8.17 Å². The number of fused-ring (bicyclic) bond motifs is 8. The Kier molecular flexibility index (Phi) is 5.39. The van der Waals surface area contributed by atoms with Crippen molar-refractivity contribution < 1.29 is 0 Å². The second-order valence-electron chi connectivity index (χ2n) is 10.6. The van der Waals surface area contributed by atoms with Crippen molar-refractivity contribution in [2.75, 3.05) is 11.9 Å². The third-order valence-electron chi connectivity index (χ3n) is 8.38. The molecule has 194 valence electrons. The van der Waals surface area contributed by atoms with Gasteiger partial charge in [0.05, 0.1) is 16.7 Å². The van der Waals surface area contributed by atoms with Gasteiger partial charge in [0, 0.05) is 34.6 Å². The molecule has 0 radical (unpaired) electrons. The monoisotopic (exact) mass is 524 g/mol. The van der Waals surface area contributed by atoms with E-state index >= 15 is 0 Å². The minimum atomic E-state index is 1.16. The van der Waals surface area contributed by atoms with E-state index in [-0.39, 0.29) is 0 Å². The van der Waals surface area contributed by atoms with Crippen LogP contribution in [0.3, 0.4) is 0 Å². The van der Waals surface area contributed by atoms with Crippen LogP contribution < -0.4 is 4.90 Å². The summed E-state index contributed by atoms with van der Waals surface area (Å²) >= 11 is 0. The minimum Gasteiger partial charge on any atom is -0.344 e. The van der Waals surface area contributed by atoms with Gasteiger partial charge in [-0.1, -0.05) is 115 Å². The number of rotatable bonds is 4. The van der Waals surface area contributed by atoms with Crippen molar-refractivity contribution in [1.82, 2.24) is 4.57 Å². The lowest BCUT2D eigenvalue weighted by Crippen LogP contribution is -2.09. The zero-order chi connectivity index (χ0) is 27.3. The molecule has 7 aromatic carbocycles. The van der Waals surface area contributed by atoms with Crippen LogP contribution in [0, 0.1) is 0 Å². The molecular weight excluding hydrogens is 496 g/mol. The normalized spacial score (nSPS) is 11.5. The predicted octanol–water partition coefficient (Wildman–Crippen LogP) is 10.5. The average Bonchev–Trinajstić information content (AvgIpc) is 3.41. The number of benzene rings is 7. The zero-order valence-corrected chi connectivity index (χ0v) is 22.8. The number of anilines is 2. The van der Waals surface area contributed by atoms with Gasteiger partial charge in [-0.25, -0.2) is 0 Å². The Morgan fingerprint density at radius 3 is 1.71 bits per heavy atom. The molecular formula is C39H28N2. The summed E-state index contributed by atoms with van der Waals surface area (Å²) < 4.78 is 2.47. The second-order valence-corrected chi connectivity index (χ2v) is 10.6. The quantitative estimate of drug-likeness (QED) is 0.208. The van der Waals surface area contributed by atoms with Crippen LogP contribution >= 0.6 is 0 Å². The molecule has 0 spiro atoms. The molecule has 0 aliphatic rings. The van der Waals surface area contributed by atoms with Gasteiger partial charge in [0.1, 0.15) is 0 Å². The van der Waals surface area contributed by atoms with Gasteiger partial charge in [-0.15, -0.1) is 0 Å². The molecule has 2 heteroatoms.